The Morgan fingerprint density at radius 2 is 2.12 bits per heavy atom. The molecule has 1 saturated heterocycles. The van der Waals surface area contributed by atoms with Crippen LogP contribution in [0.25, 0.3) is 0 Å². The van der Waals surface area contributed by atoms with E-state index in [9.17, 15) is 9.18 Å². The Morgan fingerprint density at radius 1 is 1.44 bits per heavy atom. The van der Waals surface area contributed by atoms with Crippen LogP contribution in [0, 0.1) is 5.82 Å². The maximum Gasteiger partial charge on any atom is 0.326 e. The average Bonchev–Trinajstić information content (AvgIpc) is 2.30. The minimum atomic E-state index is -0.882. The van der Waals surface area contributed by atoms with Crippen molar-refractivity contribution in [2.45, 2.75) is 25.3 Å². The van der Waals surface area contributed by atoms with Gasteiger partial charge in [0.2, 0.25) is 5.95 Å². The van der Waals surface area contributed by atoms with Gasteiger partial charge in [-0.15, -0.1) is 0 Å². The van der Waals surface area contributed by atoms with Gasteiger partial charge in [-0.3, -0.25) is 0 Å². The third-order valence-corrected chi connectivity index (χ3v) is 2.65. The number of hydrogen-bond donors (Lipinski definition) is 1. The zero-order valence-corrected chi connectivity index (χ0v) is 8.64. The van der Waals surface area contributed by atoms with Crippen LogP contribution in [-0.4, -0.2) is 33.6 Å². The zero-order chi connectivity index (χ0) is 11.5. The van der Waals surface area contributed by atoms with E-state index in [0.717, 1.165) is 25.2 Å². The Kier molecular flexibility index (Phi) is 2.98. The summed E-state index contributed by atoms with van der Waals surface area (Å²) in [7, 11) is 0. The highest BCUT2D eigenvalue weighted by Crippen LogP contribution is 2.21. The van der Waals surface area contributed by atoms with Crippen molar-refractivity contribution in [2.24, 2.45) is 0 Å². The Morgan fingerprint density at radius 3 is 2.75 bits per heavy atom. The number of carboxylic acid groups (broad SMARTS) is 1. The monoisotopic (exact) mass is 225 g/mol. The van der Waals surface area contributed by atoms with E-state index in [4.69, 9.17) is 5.11 Å². The fraction of sp³-hybridized carbons (Fsp3) is 0.500. The summed E-state index contributed by atoms with van der Waals surface area (Å²) < 4.78 is 12.6. The van der Waals surface area contributed by atoms with Crippen LogP contribution in [-0.2, 0) is 4.79 Å². The molecule has 0 radical (unpaired) electrons. The van der Waals surface area contributed by atoms with Gasteiger partial charge in [-0.2, -0.15) is 0 Å². The summed E-state index contributed by atoms with van der Waals surface area (Å²) in [6, 6.07) is -0.598. The van der Waals surface area contributed by atoms with Crippen molar-refractivity contribution in [3.63, 3.8) is 0 Å². The molecule has 0 unspecified atom stereocenters. The van der Waals surface area contributed by atoms with E-state index < -0.39 is 17.8 Å². The number of aromatic nitrogens is 2. The molecule has 0 saturated carbocycles. The molecule has 0 aliphatic carbocycles. The first-order valence-electron chi connectivity index (χ1n) is 5.15. The number of piperidine rings is 1. The van der Waals surface area contributed by atoms with Crippen molar-refractivity contribution in [3.8, 4) is 0 Å². The van der Waals surface area contributed by atoms with Crippen molar-refractivity contribution in [2.75, 3.05) is 11.4 Å². The molecular weight excluding hydrogens is 213 g/mol. The van der Waals surface area contributed by atoms with Crippen molar-refractivity contribution in [1.82, 2.24) is 9.97 Å². The standard InChI is InChI=1S/C10H12FN3O2/c11-7-5-12-10(13-6-7)14-4-2-1-3-8(14)9(15)16/h5-6,8H,1-4H2,(H,15,16)/t8-/m0/s1. The van der Waals surface area contributed by atoms with E-state index in [1.165, 1.54) is 0 Å². The molecular formula is C10H12FN3O2. The second-order valence-electron chi connectivity index (χ2n) is 3.74. The third kappa shape index (κ3) is 2.10. The van der Waals surface area contributed by atoms with Gasteiger partial charge in [-0.05, 0) is 19.3 Å². The molecule has 6 heteroatoms. The summed E-state index contributed by atoms with van der Waals surface area (Å²) in [6.07, 6.45) is 4.47. The lowest BCUT2D eigenvalue weighted by Crippen LogP contribution is -2.45. The van der Waals surface area contributed by atoms with Crippen LogP contribution in [0.4, 0.5) is 10.3 Å². The molecule has 0 amide bonds. The molecule has 16 heavy (non-hydrogen) atoms. The molecule has 1 aromatic heterocycles. The highest BCUT2D eigenvalue weighted by molar-refractivity contribution is 5.77. The number of aliphatic carboxylic acids is 1. The van der Waals surface area contributed by atoms with E-state index >= 15 is 0 Å². The lowest BCUT2D eigenvalue weighted by atomic mass is 10.0. The molecule has 1 N–H and O–H groups in total. The van der Waals surface area contributed by atoms with E-state index in [-0.39, 0.29) is 5.95 Å². The second-order valence-corrected chi connectivity index (χ2v) is 3.74. The normalized spacial score (nSPS) is 20.8. The van der Waals surface area contributed by atoms with Crippen molar-refractivity contribution >= 4 is 11.9 Å². The van der Waals surface area contributed by atoms with Gasteiger partial charge in [0.05, 0.1) is 12.4 Å². The Balaban J connectivity index is 2.23. The molecule has 0 aromatic carbocycles. The summed E-state index contributed by atoms with van der Waals surface area (Å²) >= 11 is 0. The third-order valence-electron chi connectivity index (χ3n) is 2.65. The van der Waals surface area contributed by atoms with Crippen molar-refractivity contribution < 1.29 is 14.3 Å². The van der Waals surface area contributed by atoms with Gasteiger partial charge in [0.1, 0.15) is 6.04 Å². The van der Waals surface area contributed by atoms with Crippen LogP contribution in [0.2, 0.25) is 0 Å². The minimum Gasteiger partial charge on any atom is -0.480 e. The van der Waals surface area contributed by atoms with E-state index in [0.29, 0.717) is 13.0 Å². The summed E-state index contributed by atoms with van der Waals surface area (Å²) in [4.78, 5) is 20.3. The van der Waals surface area contributed by atoms with E-state index in [1.54, 1.807) is 4.90 Å². The number of nitrogens with zero attached hydrogens (tertiary/aromatic N) is 3. The van der Waals surface area contributed by atoms with Gasteiger partial charge in [-0.25, -0.2) is 19.2 Å². The molecule has 1 fully saturated rings. The maximum atomic E-state index is 12.6. The van der Waals surface area contributed by atoms with Crippen LogP contribution in [0.3, 0.4) is 0 Å². The Bertz CT molecular complexity index is 382. The molecule has 86 valence electrons. The Labute approximate surface area is 91.9 Å². The molecule has 0 spiro atoms. The highest BCUT2D eigenvalue weighted by atomic mass is 19.1. The lowest BCUT2D eigenvalue weighted by Gasteiger charge is -2.32. The fourth-order valence-corrected chi connectivity index (χ4v) is 1.88. The van der Waals surface area contributed by atoms with Crippen LogP contribution < -0.4 is 4.90 Å². The average molecular weight is 225 g/mol. The van der Waals surface area contributed by atoms with Gasteiger partial charge >= 0.3 is 5.97 Å². The molecule has 0 bridgehead atoms. The molecule has 1 atom stereocenters. The van der Waals surface area contributed by atoms with Gasteiger partial charge in [0.25, 0.3) is 0 Å². The fourth-order valence-electron chi connectivity index (χ4n) is 1.88. The lowest BCUT2D eigenvalue weighted by molar-refractivity contribution is -0.139. The highest BCUT2D eigenvalue weighted by Gasteiger charge is 2.29. The summed E-state index contributed by atoms with van der Waals surface area (Å²) in [6.45, 7) is 0.600. The quantitative estimate of drug-likeness (QED) is 0.815. The van der Waals surface area contributed by atoms with Crippen LogP contribution in [0.5, 0.6) is 0 Å². The second kappa shape index (κ2) is 4.42. The first-order valence-corrected chi connectivity index (χ1v) is 5.15. The number of carboxylic acids is 1. The molecule has 2 rings (SSSR count). The van der Waals surface area contributed by atoms with Gasteiger partial charge < -0.3 is 10.0 Å². The van der Waals surface area contributed by atoms with Crippen LogP contribution in [0.15, 0.2) is 12.4 Å². The molecule has 1 aliphatic rings. The van der Waals surface area contributed by atoms with Gasteiger partial charge in [0.15, 0.2) is 5.82 Å². The predicted octanol–water partition coefficient (Wildman–Crippen LogP) is 1.06. The molecule has 1 aromatic rings. The summed E-state index contributed by atoms with van der Waals surface area (Å²) in [5, 5.41) is 9.05. The van der Waals surface area contributed by atoms with E-state index in [2.05, 4.69) is 9.97 Å². The molecule has 1 aliphatic heterocycles. The number of carbonyl (C=O) groups is 1. The van der Waals surface area contributed by atoms with Crippen LogP contribution in [0.1, 0.15) is 19.3 Å². The SMILES string of the molecule is O=C(O)[C@@H]1CCCCN1c1ncc(F)cn1. The number of rotatable bonds is 2. The topological polar surface area (TPSA) is 66.3 Å². The number of hydrogen-bond acceptors (Lipinski definition) is 4. The van der Waals surface area contributed by atoms with Gasteiger partial charge in [0, 0.05) is 6.54 Å². The molecule has 2 heterocycles. The van der Waals surface area contributed by atoms with Crippen molar-refractivity contribution in [1.29, 1.82) is 0 Å². The number of halogens is 1. The minimum absolute atomic E-state index is 0.286. The smallest absolute Gasteiger partial charge is 0.326 e. The number of anilines is 1. The van der Waals surface area contributed by atoms with Crippen molar-refractivity contribution in [3.05, 3.63) is 18.2 Å². The van der Waals surface area contributed by atoms with Gasteiger partial charge in [-0.1, -0.05) is 0 Å². The maximum absolute atomic E-state index is 12.6. The summed E-state index contributed by atoms with van der Waals surface area (Å²) in [5.74, 6) is -1.12. The summed E-state index contributed by atoms with van der Waals surface area (Å²) in [5.41, 5.74) is 0. The zero-order valence-electron chi connectivity index (χ0n) is 8.64. The predicted molar refractivity (Wildman–Crippen MR) is 54.6 cm³/mol. The van der Waals surface area contributed by atoms with E-state index in [1.807, 2.05) is 0 Å². The van der Waals surface area contributed by atoms with Crippen LogP contribution >= 0.6 is 0 Å². The first-order chi connectivity index (χ1) is 7.68. The molecule has 5 nitrogen and oxygen atoms in total. The Hall–Kier alpha value is -1.72. The largest absolute Gasteiger partial charge is 0.480 e. The first kappa shape index (κ1) is 10.8.